The summed E-state index contributed by atoms with van der Waals surface area (Å²) in [6.45, 7) is 2.62. The number of amides is 1. The van der Waals surface area contributed by atoms with Gasteiger partial charge in [-0.2, -0.15) is 39.0 Å². The summed E-state index contributed by atoms with van der Waals surface area (Å²) >= 11 is 0. The maximum atomic E-state index is 13.4. The van der Waals surface area contributed by atoms with Gasteiger partial charge < -0.3 is 29.6 Å². The molecule has 6 rings (SSSR count). The quantitative estimate of drug-likeness (QED) is 0.0383. The molecular weight excluding hydrogens is 844 g/mol. The van der Waals surface area contributed by atoms with Crippen LogP contribution in [0.2, 0.25) is 0 Å². The van der Waals surface area contributed by atoms with Crippen LogP contribution < -0.4 is 114 Å². The molecule has 0 saturated heterocycles. The number of carboxylic acids is 2. The van der Waals surface area contributed by atoms with Crippen LogP contribution in [0.5, 0.6) is 5.75 Å². The second-order valence-electron chi connectivity index (χ2n) is 12.6. The summed E-state index contributed by atoms with van der Waals surface area (Å²) in [5.74, 6) is -5.37. The van der Waals surface area contributed by atoms with E-state index in [-0.39, 0.29) is 133 Å². The Kier molecular flexibility index (Phi) is 17.9. The number of fused-ring (bicyclic) bond motifs is 1. The van der Waals surface area contributed by atoms with E-state index in [2.05, 4.69) is 30.6 Å². The number of aromatic carboxylic acids is 2. The minimum absolute atomic E-state index is 0. The number of hydrogen-bond acceptors (Lipinski definition) is 16. The molecule has 0 aromatic heterocycles. The van der Waals surface area contributed by atoms with Crippen LogP contribution in [0.1, 0.15) is 34.6 Å². The van der Waals surface area contributed by atoms with Crippen LogP contribution in [-0.2, 0) is 19.7 Å². The number of ether oxygens (including phenoxy) is 1. The van der Waals surface area contributed by atoms with E-state index in [1.165, 1.54) is 68.6 Å². The molecule has 2 atom stereocenters. The number of carbonyl (C=O) groups excluding carboxylic acids is 4. The number of methoxy groups -OCH3 is 1. The van der Waals surface area contributed by atoms with Gasteiger partial charge in [-0.3, -0.25) is 19.1 Å². The van der Waals surface area contributed by atoms with E-state index in [0.29, 0.717) is 16.5 Å². The Bertz CT molecular complexity index is 2780. The van der Waals surface area contributed by atoms with E-state index < -0.39 is 62.9 Å². The summed E-state index contributed by atoms with van der Waals surface area (Å²) in [7, 11) is -3.05. The van der Waals surface area contributed by atoms with E-state index in [1.807, 2.05) is 0 Å². The fourth-order valence-electron chi connectivity index (χ4n) is 5.76. The SMILES string of the molecule is COc1ccccc1N=C([O-])C(N=Nc1ccc(-c2ccc(N=NC3C(=O)N(c4ccc5cc(S(=O)(=O)O)ccc5c4)N=C3C)c(C(=O)[O-])c2)cc1C(=O)[O-])C(C)=O.[Na+].[Na+].[Na+]. The van der Waals surface area contributed by atoms with E-state index in [4.69, 9.17) is 4.74 Å². The van der Waals surface area contributed by atoms with Gasteiger partial charge in [-0.1, -0.05) is 36.4 Å². The first kappa shape index (κ1) is 50.8. The number of para-hydroxylation sites is 2. The number of nitrogens with zero attached hydrogens (tertiary/aromatic N) is 7. The van der Waals surface area contributed by atoms with E-state index in [0.717, 1.165) is 24.1 Å². The number of carbonyl (C=O) groups is 4. The number of azo groups is 2. The monoisotopic (exact) mass is 871 g/mol. The molecule has 1 aliphatic heterocycles. The summed E-state index contributed by atoms with van der Waals surface area (Å²) in [6.07, 6.45) is 0. The molecule has 5 aromatic rings. The summed E-state index contributed by atoms with van der Waals surface area (Å²) in [5.41, 5.74) is -0.296. The van der Waals surface area contributed by atoms with Crippen LogP contribution in [0.4, 0.5) is 22.7 Å². The predicted octanol–water partition coefficient (Wildman–Crippen LogP) is -5.49. The summed E-state index contributed by atoms with van der Waals surface area (Å²) < 4.78 is 37.6. The van der Waals surface area contributed by atoms with Crippen molar-refractivity contribution in [2.45, 2.75) is 30.8 Å². The minimum atomic E-state index is -4.42. The van der Waals surface area contributed by atoms with Crippen LogP contribution in [0.3, 0.4) is 0 Å². The van der Waals surface area contributed by atoms with Crippen molar-refractivity contribution in [2.24, 2.45) is 30.6 Å². The van der Waals surface area contributed by atoms with Crippen LogP contribution >= 0.6 is 0 Å². The molecule has 0 saturated carbocycles. The Labute approximate surface area is 414 Å². The number of benzene rings is 5. The second kappa shape index (κ2) is 21.5. The van der Waals surface area contributed by atoms with Crippen molar-refractivity contribution in [2.75, 3.05) is 12.1 Å². The minimum Gasteiger partial charge on any atom is -0.860 e. The summed E-state index contributed by atoms with van der Waals surface area (Å²) in [4.78, 5) is 53.7. The molecular formula is C39H28N7Na3O11S. The average Bonchev–Trinajstić information content (AvgIpc) is 3.48. The van der Waals surface area contributed by atoms with Gasteiger partial charge in [0.15, 0.2) is 17.9 Å². The molecule has 1 N–H and O–H groups in total. The number of Topliss-reactive ketones (excluding diaryl/α,β-unsaturated/α-hetero) is 1. The van der Waals surface area contributed by atoms with Crippen LogP contribution in [0.25, 0.3) is 21.9 Å². The molecule has 0 aliphatic carbocycles. The molecule has 5 aromatic carbocycles. The molecule has 22 heteroatoms. The van der Waals surface area contributed by atoms with Gasteiger partial charge in [0.25, 0.3) is 16.0 Å². The van der Waals surface area contributed by atoms with Gasteiger partial charge in [-0.15, -0.1) is 0 Å². The number of anilines is 1. The van der Waals surface area contributed by atoms with Crippen molar-refractivity contribution in [3.63, 3.8) is 0 Å². The molecule has 294 valence electrons. The topological polar surface area (TPSA) is 278 Å². The van der Waals surface area contributed by atoms with Crippen molar-refractivity contribution in [3.05, 3.63) is 108 Å². The maximum absolute atomic E-state index is 13.4. The Hall–Kier alpha value is -4.51. The van der Waals surface area contributed by atoms with Crippen LogP contribution in [-0.4, -0.2) is 67.4 Å². The zero-order valence-electron chi connectivity index (χ0n) is 33.5. The molecule has 18 nitrogen and oxygen atoms in total. The van der Waals surface area contributed by atoms with E-state index >= 15 is 0 Å². The largest absolute Gasteiger partial charge is 1.00 e. The number of rotatable bonds is 13. The third-order valence-corrected chi connectivity index (χ3v) is 9.55. The van der Waals surface area contributed by atoms with Crippen molar-refractivity contribution in [3.8, 4) is 16.9 Å². The Morgan fingerprint density at radius 3 is 1.93 bits per heavy atom. The fourth-order valence-corrected chi connectivity index (χ4v) is 6.27. The fraction of sp³-hybridized carbons (Fsp3) is 0.128. The van der Waals surface area contributed by atoms with Crippen molar-refractivity contribution in [1.29, 1.82) is 0 Å². The molecule has 2 unspecified atom stereocenters. The first-order valence-electron chi connectivity index (χ1n) is 16.9. The van der Waals surface area contributed by atoms with Gasteiger partial charge in [0.2, 0.25) is 0 Å². The van der Waals surface area contributed by atoms with Gasteiger partial charge in [-0.25, -0.2) is 0 Å². The smallest absolute Gasteiger partial charge is 0.860 e. The number of aliphatic imine (C=N–C) groups is 1. The normalized spacial score (nSPS) is 14.5. The van der Waals surface area contributed by atoms with Crippen LogP contribution in [0.15, 0.2) is 133 Å². The molecule has 0 radical (unpaired) electrons. The average molecular weight is 872 g/mol. The molecule has 1 amide bonds. The zero-order valence-corrected chi connectivity index (χ0v) is 40.3. The first-order chi connectivity index (χ1) is 27.5. The molecule has 61 heavy (non-hydrogen) atoms. The third-order valence-electron chi connectivity index (χ3n) is 8.70. The van der Waals surface area contributed by atoms with Gasteiger partial charge in [-0.05, 0) is 102 Å². The molecule has 1 heterocycles. The molecule has 1 aliphatic rings. The van der Waals surface area contributed by atoms with Crippen LogP contribution in [0, 0.1) is 0 Å². The Morgan fingerprint density at radius 1 is 0.787 bits per heavy atom. The number of hydrazone groups is 1. The second-order valence-corrected chi connectivity index (χ2v) is 14.0. The molecule has 0 bridgehead atoms. The van der Waals surface area contributed by atoms with Crippen molar-refractivity contribution in [1.82, 2.24) is 0 Å². The number of ketones is 1. The van der Waals surface area contributed by atoms with Gasteiger partial charge in [0.05, 0.1) is 46.7 Å². The summed E-state index contributed by atoms with van der Waals surface area (Å²) in [6, 6.07) is 19.6. The van der Waals surface area contributed by atoms with E-state index in [9.17, 15) is 47.5 Å². The Balaban J connectivity index is 0.00000331. The Morgan fingerprint density at radius 2 is 1.36 bits per heavy atom. The summed E-state index contributed by atoms with van der Waals surface area (Å²) in [5, 5.41) is 59.3. The molecule has 0 spiro atoms. The number of carboxylic acid groups (broad SMARTS) is 2. The standard InChI is InChI=1S/C39H31N7O11S.3Na/c1-20-34(37(49)46(45-20)26-12-8-23-17-27(58(54,55)56)13-9-22(23)16-26)43-41-30-14-10-24(18-28(30)38(50)51)25-11-15-31(29(19-25)39(52)53)42-44-35(21(2)47)36(48)40-32-6-4-5-7-33(32)57-3;;;/h4-19,34-35H,1-3H3,(H,40,48)(H,50,51)(H,52,53)(H,54,55,56);;;/q;3*+1/p-3. The first-order valence-corrected chi connectivity index (χ1v) is 18.3. The third kappa shape index (κ3) is 11.7. The maximum Gasteiger partial charge on any atom is 1.00 e. The van der Waals surface area contributed by atoms with Crippen molar-refractivity contribution < 1.29 is 141 Å². The van der Waals surface area contributed by atoms with Gasteiger partial charge in [0.1, 0.15) is 11.4 Å². The zero-order chi connectivity index (χ0) is 41.9. The van der Waals surface area contributed by atoms with Gasteiger partial charge >= 0.3 is 88.7 Å². The molecule has 0 fully saturated rings. The van der Waals surface area contributed by atoms with Crippen molar-refractivity contribution >= 4 is 78.9 Å². The van der Waals surface area contributed by atoms with Gasteiger partial charge in [0, 0.05) is 11.1 Å². The van der Waals surface area contributed by atoms with E-state index in [1.54, 1.807) is 30.3 Å². The number of hydrogen-bond donors (Lipinski definition) is 1. The predicted molar refractivity (Wildman–Crippen MR) is 202 cm³/mol.